The van der Waals surface area contributed by atoms with E-state index in [0.29, 0.717) is 0 Å². The van der Waals surface area contributed by atoms with Crippen LogP contribution in [0.5, 0.6) is 0 Å². The fourth-order valence-corrected chi connectivity index (χ4v) is 3.42. The molecule has 0 aromatic carbocycles. The van der Waals surface area contributed by atoms with Crippen LogP contribution in [0.4, 0.5) is 0 Å². The van der Waals surface area contributed by atoms with Crippen LogP contribution in [0.15, 0.2) is 0 Å². The van der Waals surface area contributed by atoms with Crippen LogP contribution in [-0.2, 0) is 0 Å². The lowest BCUT2D eigenvalue weighted by molar-refractivity contribution is 0.225. The van der Waals surface area contributed by atoms with Crippen molar-refractivity contribution in [3.8, 4) is 0 Å². The summed E-state index contributed by atoms with van der Waals surface area (Å²) in [5, 5.41) is 0. The quantitative estimate of drug-likeness (QED) is 0.629. The van der Waals surface area contributed by atoms with Crippen molar-refractivity contribution in [1.82, 2.24) is 0 Å². The smallest absolute Gasteiger partial charge is 0.00773 e. The minimum atomic E-state index is 0.881. The number of hydrogen-bond donors (Lipinski definition) is 1. The molecule has 2 atom stereocenters. The Balaban J connectivity index is 2.37. The monoisotopic (exact) mass is 239 g/mol. The van der Waals surface area contributed by atoms with Gasteiger partial charge in [-0.25, -0.2) is 0 Å². The molecular weight excluding hydrogens is 206 g/mol. The van der Waals surface area contributed by atoms with E-state index in [1.54, 1.807) is 0 Å². The number of unbranched alkanes of at least 4 members (excludes halogenated alkanes) is 2. The third-order valence-corrected chi connectivity index (χ3v) is 4.52. The average molecular weight is 239 g/mol. The Labute approximate surface area is 109 Å². The molecule has 1 rings (SSSR count). The van der Waals surface area contributed by atoms with Gasteiger partial charge in [-0.3, -0.25) is 0 Å². The first kappa shape index (κ1) is 15.0. The summed E-state index contributed by atoms with van der Waals surface area (Å²) < 4.78 is 0. The van der Waals surface area contributed by atoms with Gasteiger partial charge in [-0.2, -0.15) is 0 Å². The minimum absolute atomic E-state index is 0.881. The van der Waals surface area contributed by atoms with E-state index in [9.17, 15) is 0 Å². The Bertz CT molecular complexity index is 165. The van der Waals surface area contributed by atoms with Gasteiger partial charge in [-0.05, 0) is 24.8 Å². The number of hydrogen-bond acceptors (Lipinski definition) is 1. The van der Waals surface area contributed by atoms with Crippen molar-refractivity contribution < 1.29 is 0 Å². The van der Waals surface area contributed by atoms with E-state index in [1.807, 2.05) is 0 Å². The molecular formula is C16H33N. The van der Waals surface area contributed by atoms with Crippen LogP contribution < -0.4 is 5.73 Å². The normalized spacial score (nSPS) is 26.5. The molecule has 1 saturated carbocycles. The fraction of sp³-hybridized carbons (Fsp3) is 1.00. The zero-order valence-corrected chi connectivity index (χ0v) is 11.9. The molecule has 0 aromatic heterocycles. The molecule has 0 bridgehead atoms. The van der Waals surface area contributed by atoms with Crippen molar-refractivity contribution >= 4 is 0 Å². The van der Waals surface area contributed by atoms with E-state index in [0.717, 1.165) is 18.4 Å². The van der Waals surface area contributed by atoms with Crippen LogP contribution in [0.1, 0.15) is 84.0 Å². The van der Waals surface area contributed by atoms with Crippen LogP contribution in [-0.4, -0.2) is 6.54 Å². The molecule has 1 nitrogen and oxygen atoms in total. The molecule has 1 fully saturated rings. The maximum absolute atomic E-state index is 5.61. The molecule has 102 valence electrons. The molecule has 2 N–H and O–H groups in total. The lowest BCUT2D eigenvalue weighted by Crippen LogP contribution is -2.17. The third-order valence-electron chi connectivity index (χ3n) is 4.52. The van der Waals surface area contributed by atoms with Crippen molar-refractivity contribution in [2.24, 2.45) is 17.6 Å². The standard InChI is InChI=1S/C16H33N/c1-2-3-10-15-11-6-4-5-7-12-16(15)13-8-9-14-17/h15-16H,2-14,17H2,1H3. The van der Waals surface area contributed by atoms with Crippen LogP contribution in [0.3, 0.4) is 0 Å². The summed E-state index contributed by atoms with van der Waals surface area (Å²) in [4.78, 5) is 0. The lowest BCUT2D eigenvalue weighted by Gasteiger charge is -2.29. The molecule has 1 heteroatoms. The van der Waals surface area contributed by atoms with Crippen LogP contribution in [0.2, 0.25) is 0 Å². The Morgan fingerprint density at radius 3 is 1.94 bits per heavy atom. The highest BCUT2D eigenvalue weighted by Gasteiger charge is 2.21. The third kappa shape index (κ3) is 6.45. The van der Waals surface area contributed by atoms with Gasteiger partial charge < -0.3 is 5.73 Å². The second-order valence-corrected chi connectivity index (χ2v) is 5.94. The van der Waals surface area contributed by atoms with Crippen LogP contribution >= 0.6 is 0 Å². The fourth-order valence-electron chi connectivity index (χ4n) is 3.42. The molecule has 1 aliphatic rings. The van der Waals surface area contributed by atoms with Gasteiger partial charge in [0.15, 0.2) is 0 Å². The van der Waals surface area contributed by atoms with Gasteiger partial charge in [-0.1, -0.05) is 77.6 Å². The van der Waals surface area contributed by atoms with Crippen molar-refractivity contribution in [3.05, 3.63) is 0 Å². The van der Waals surface area contributed by atoms with Crippen molar-refractivity contribution in [3.63, 3.8) is 0 Å². The van der Waals surface area contributed by atoms with Crippen molar-refractivity contribution in [2.45, 2.75) is 84.0 Å². The van der Waals surface area contributed by atoms with E-state index < -0.39 is 0 Å². The maximum atomic E-state index is 5.61. The average Bonchev–Trinajstić information content (AvgIpc) is 2.31. The molecule has 0 radical (unpaired) electrons. The van der Waals surface area contributed by atoms with Crippen molar-refractivity contribution in [2.75, 3.05) is 6.54 Å². The largest absolute Gasteiger partial charge is 0.330 e. The molecule has 0 aliphatic heterocycles. The van der Waals surface area contributed by atoms with E-state index in [4.69, 9.17) is 5.73 Å². The van der Waals surface area contributed by atoms with E-state index in [1.165, 1.54) is 77.0 Å². The van der Waals surface area contributed by atoms with E-state index >= 15 is 0 Å². The SMILES string of the molecule is CCCCC1CCCCCCC1CCCCN. The van der Waals surface area contributed by atoms with E-state index in [2.05, 4.69) is 6.92 Å². The predicted octanol–water partition coefficient (Wildman–Crippen LogP) is 4.89. The van der Waals surface area contributed by atoms with Gasteiger partial charge in [0.2, 0.25) is 0 Å². The first-order chi connectivity index (χ1) is 8.38. The van der Waals surface area contributed by atoms with Gasteiger partial charge in [0.05, 0.1) is 0 Å². The Morgan fingerprint density at radius 2 is 1.41 bits per heavy atom. The van der Waals surface area contributed by atoms with Gasteiger partial charge in [0.25, 0.3) is 0 Å². The zero-order chi connectivity index (χ0) is 12.3. The van der Waals surface area contributed by atoms with Crippen LogP contribution in [0, 0.1) is 11.8 Å². The van der Waals surface area contributed by atoms with Gasteiger partial charge in [-0.15, -0.1) is 0 Å². The first-order valence-electron chi connectivity index (χ1n) is 8.08. The van der Waals surface area contributed by atoms with Gasteiger partial charge in [0.1, 0.15) is 0 Å². The highest BCUT2D eigenvalue weighted by molar-refractivity contribution is 4.73. The number of rotatable bonds is 7. The molecule has 0 aromatic rings. The molecule has 1 aliphatic carbocycles. The summed E-state index contributed by atoms with van der Waals surface area (Å²) in [5.74, 6) is 2.06. The summed E-state index contributed by atoms with van der Waals surface area (Å²) in [6, 6.07) is 0. The second kappa shape index (κ2) is 9.94. The Hall–Kier alpha value is -0.0400. The molecule has 17 heavy (non-hydrogen) atoms. The minimum Gasteiger partial charge on any atom is -0.330 e. The second-order valence-electron chi connectivity index (χ2n) is 5.94. The maximum Gasteiger partial charge on any atom is -0.00773 e. The Kier molecular flexibility index (Phi) is 8.78. The summed E-state index contributed by atoms with van der Waals surface area (Å²) in [5.41, 5.74) is 5.61. The zero-order valence-electron chi connectivity index (χ0n) is 11.9. The first-order valence-corrected chi connectivity index (χ1v) is 8.08. The Morgan fingerprint density at radius 1 is 0.824 bits per heavy atom. The van der Waals surface area contributed by atoms with Crippen LogP contribution in [0.25, 0.3) is 0 Å². The molecule has 0 amide bonds. The molecule has 0 heterocycles. The topological polar surface area (TPSA) is 26.0 Å². The summed E-state index contributed by atoms with van der Waals surface area (Å²) in [6.45, 7) is 3.21. The van der Waals surface area contributed by atoms with Crippen molar-refractivity contribution in [1.29, 1.82) is 0 Å². The summed E-state index contributed by atoms with van der Waals surface area (Å²) >= 11 is 0. The van der Waals surface area contributed by atoms with Gasteiger partial charge in [0, 0.05) is 0 Å². The molecule has 2 unspecified atom stereocenters. The molecule has 0 saturated heterocycles. The highest BCUT2D eigenvalue weighted by Crippen LogP contribution is 2.34. The summed E-state index contributed by atoms with van der Waals surface area (Å²) in [7, 11) is 0. The number of nitrogens with two attached hydrogens (primary N) is 1. The lowest BCUT2D eigenvalue weighted by atomic mass is 9.76. The van der Waals surface area contributed by atoms with E-state index in [-0.39, 0.29) is 0 Å². The predicted molar refractivity (Wildman–Crippen MR) is 77.1 cm³/mol. The van der Waals surface area contributed by atoms with Gasteiger partial charge >= 0.3 is 0 Å². The summed E-state index contributed by atoms with van der Waals surface area (Å²) in [6.07, 6.45) is 17.3. The highest BCUT2D eigenvalue weighted by atomic mass is 14.5. The molecule has 0 spiro atoms.